The number of rotatable bonds is 3. The van der Waals surface area contributed by atoms with Gasteiger partial charge in [0.1, 0.15) is 10.7 Å². The number of nitrogens with zero attached hydrogens (tertiary/aromatic N) is 2. The topological polar surface area (TPSA) is 84.5 Å². The average molecular weight is 377 g/mol. The van der Waals surface area contributed by atoms with Gasteiger partial charge in [0.25, 0.3) is 5.56 Å². The van der Waals surface area contributed by atoms with Crippen molar-refractivity contribution in [3.05, 3.63) is 26.6 Å². The van der Waals surface area contributed by atoms with E-state index in [0.717, 1.165) is 15.3 Å². The summed E-state index contributed by atoms with van der Waals surface area (Å²) in [5, 5.41) is 0.667. The third-order valence-corrected chi connectivity index (χ3v) is 6.46. The predicted octanol–water partition coefficient (Wildman–Crippen LogP) is 1.90. The molecule has 2 saturated heterocycles. The van der Waals surface area contributed by atoms with Crippen LogP contribution in [0.5, 0.6) is 0 Å². The fraction of sp³-hybridized carbons (Fsp3) is 0.611. The summed E-state index contributed by atoms with van der Waals surface area (Å²) >= 11 is 1.53. The number of nitrogens with one attached hydrogen (secondary N) is 1. The van der Waals surface area contributed by atoms with Crippen LogP contribution >= 0.6 is 11.3 Å². The number of H-pyrrole nitrogens is 1. The Balaban J connectivity index is 1.39. The molecule has 1 spiro atoms. The summed E-state index contributed by atoms with van der Waals surface area (Å²) in [6, 6.07) is 0. The standard InChI is InChI=1S/C18H23N3O4S/c1-11-12(2)26-17-15(11)16(23)19-13(20-17)3-4-14(22)21-7-5-18(6-8-21)24-9-10-25-18/h3-10H2,1-2H3,(H,19,20,23). The summed E-state index contributed by atoms with van der Waals surface area (Å²) in [6.45, 7) is 6.49. The smallest absolute Gasteiger partial charge is 0.259 e. The van der Waals surface area contributed by atoms with Gasteiger partial charge in [-0.15, -0.1) is 11.3 Å². The van der Waals surface area contributed by atoms with E-state index < -0.39 is 5.79 Å². The zero-order valence-corrected chi connectivity index (χ0v) is 15.9. The molecule has 0 radical (unpaired) electrons. The van der Waals surface area contributed by atoms with E-state index in [2.05, 4.69) is 9.97 Å². The largest absolute Gasteiger partial charge is 0.347 e. The van der Waals surface area contributed by atoms with Gasteiger partial charge in [0.05, 0.1) is 18.6 Å². The molecule has 4 rings (SSSR count). The molecule has 2 fully saturated rings. The Hall–Kier alpha value is -1.77. The number of aryl methyl sites for hydroxylation is 3. The molecule has 1 N–H and O–H groups in total. The van der Waals surface area contributed by atoms with Gasteiger partial charge in [-0.25, -0.2) is 4.98 Å². The van der Waals surface area contributed by atoms with Gasteiger partial charge in [0.15, 0.2) is 5.79 Å². The zero-order chi connectivity index (χ0) is 18.3. The van der Waals surface area contributed by atoms with Gasteiger partial charge in [0.2, 0.25) is 5.91 Å². The Morgan fingerprint density at radius 2 is 1.96 bits per heavy atom. The number of hydrogen-bond donors (Lipinski definition) is 1. The lowest BCUT2D eigenvalue weighted by Gasteiger charge is -2.37. The van der Waals surface area contributed by atoms with Crippen LogP contribution in [0.3, 0.4) is 0 Å². The van der Waals surface area contributed by atoms with Gasteiger partial charge in [-0.05, 0) is 19.4 Å². The number of carbonyl (C=O) groups excluding carboxylic acids is 1. The number of carbonyl (C=O) groups is 1. The maximum atomic E-state index is 12.5. The van der Waals surface area contributed by atoms with Gasteiger partial charge < -0.3 is 19.4 Å². The molecule has 26 heavy (non-hydrogen) atoms. The highest BCUT2D eigenvalue weighted by Crippen LogP contribution is 2.31. The molecule has 2 aromatic rings. The Morgan fingerprint density at radius 3 is 2.65 bits per heavy atom. The van der Waals surface area contributed by atoms with E-state index in [-0.39, 0.29) is 11.5 Å². The number of amides is 1. The Morgan fingerprint density at radius 1 is 1.27 bits per heavy atom. The van der Waals surface area contributed by atoms with E-state index in [1.807, 2.05) is 18.7 Å². The van der Waals surface area contributed by atoms with Crippen LogP contribution in [-0.2, 0) is 20.7 Å². The average Bonchev–Trinajstić information content (AvgIpc) is 3.18. The fourth-order valence-corrected chi connectivity index (χ4v) is 4.73. The number of thiophene rings is 1. The maximum absolute atomic E-state index is 12.5. The van der Waals surface area contributed by atoms with E-state index in [1.54, 1.807) is 0 Å². The van der Waals surface area contributed by atoms with E-state index in [0.29, 0.717) is 63.2 Å². The normalized spacial score (nSPS) is 19.5. The van der Waals surface area contributed by atoms with Crippen molar-refractivity contribution >= 4 is 27.5 Å². The van der Waals surface area contributed by atoms with Crippen LogP contribution in [0, 0.1) is 13.8 Å². The van der Waals surface area contributed by atoms with Crippen molar-refractivity contribution in [2.24, 2.45) is 0 Å². The van der Waals surface area contributed by atoms with E-state index in [1.165, 1.54) is 11.3 Å². The first-order valence-electron chi connectivity index (χ1n) is 9.02. The molecule has 0 atom stereocenters. The molecule has 2 aliphatic heterocycles. The predicted molar refractivity (Wildman–Crippen MR) is 98.5 cm³/mol. The van der Waals surface area contributed by atoms with Gasteiger partial charge in [-0.3, -0.25) is 9.59 Å². The fourth-order valence-electron chi connectivity index (χ4n) is 3.68. The minimum absolute atomic E-state index is 0.0825. The van der Waals surface area contributed by atoms with Crippen molar-refractivity contribution < 1.29 is 14.3 Å². The summed E-state index contributed by atoms with van der Waals surface area (Å²) < 4.78 is 11.4. The molecule has 2 aliphatic rings. The number of ether oxygens (including phenoxy) is 2. The molecule has 7 nitrogen and oxygen atoms in total. The van der Waals surface area contributed by atoms with E-state index in [4.69, 9.17) is 9.47 Å². The van der Waals surface area contributed by atoms with Crippen molar-refractivity contribution in [3.63, 3.8) is 0 Å². The van der Waals surface area contributed by atoms with Gasteiger partial charge >= 0.3 is 0 Å². The number of aromatic amines is 1. The molecule has 0 bridgehead atoms. The van der Waals surface area contributed by atoms with Crippen molar-refractivity contribution in [1.29, 1.82) is 0 Å². The first kappa shape index (κ1) is 17.6. The SMILES string of the molecule is Cc1sc2nc(CCC(=O)N3CCC4(CC3)OCCO4)[nH]c(=O)c2c1C. The van der Waals surface area contributed by atoms with Crippen LogP contribution < -0.4 is 5.56 Å². The number of likely N-dealkylation sites (tertiary alicyclic amines) is 1. The maximum Gasteiger partial charge on any atom is 0.259 e. The lowest BCUT2D eigenvalue weighted by molar-refractivity contribution is -0.187. The minimum atomic E-state index is -0.469. The van der Waals surface area contributed by atoms with Crippen LogP contribution in [0.4, 0.5) is 0 Å². The van der Waals surface area contributed by atoms with Gasteiger partial charge in [-0.1, -0.05) is 0 Å². The Bertz CT molecular complexity index is 888. The molecular weight excluding hydrogens is 354 g/mol. The monoisotopic (exact) mass is 377 g/mol. The molecule has 2 aromatic heterocycles. The van der Waals surface area contributed by atoms with E-state index >= 15 is 0 Å². The van der Waals surface area contributed by atoms with Crippen LogP contribution in [0.1, 0.15) is 35.5 Å². The summed E-state index contributed by atoms with van der Waals surface area (Å²) in [5.41, 5.74) is 0.870. The van der Waals surface area contributed by atoms with E-state index in [9.17, 15) is 9.59 Å². The molecule has 0 aromatic carbocycles. The first-order valence-corrected chi connectivity index (χ1v) is 9.84. The third-order valence-electron chi connectivity index (χ3n) is 5.36. The van der Waals surface area contributed by atoms with Crippen molar-refractivity contribution in [3.8, 4) is 0 Å². The molecular formula is C18H23N3O4S. The molecule has 4 heterocycles. The molecule has 8 heteroatoms. The molecule has 0 saturated carbocycles. The van der Waals surface area contributed by atoms with Crippen LogP contribution in [0.15, 0.2) is 4.79 Å². The van der Waals surface area contributed by atoms with Crippen LogP contribution in [0.2, 0.25) is 0 Å². The highest BCUT2D eigenvalue weighted by molar-refractivity contribution is 7.18. The Kier molecular flexibility index (Phi) is 4.58. The summed E-state index contributed by atoms with van der Waals surface area (Å²) in [7, 11) is 0. The number of hydrogen-bond acceptors (Lipinski definition) is 6. The highest BCUT2D eigenvalue weighted by Gasteiger charge is 2.40. The minimum Gasteiger partial charge on any atom is -0.347 e. The van der Waals surface area contributed by atoms with Crippen molar-refractivity contribution in [2.45, 2.75) is 45.3 Å². The second-order valence-corrected chi connectivity index (χ2v) is 8.17. The molecule has 1 amide bonds. The van der Waals surface area contributed by atoms with Crippen LogP contribution in [0.25, 0.3) is 10.2 Å². The Labute approximate surface area is 155 Å². The lowest BCUT2D eigenvalue weighted by atomic mass is 10.0. The second kappa shape index (κ2) is 6.75. The summed E-state index contributed by atoms with van der Waals surface area (Å²) in [6.07, 6.45) is 2.21. The third kappa shape index (κ3) is 3.17. The van der Waals surface area contributed by atoms with Crippen molar-refractivity contribution in [1.82, 2.24) is 14.9 Å². The lowest BCUT2D eigenvalue weighted by Crippen LogP contribution is -2.47. The molecule has 0 unspecified atom stereocenters. The summed E-state index contributed by atoms with van der Waals surface area (Å²) in [5.74, 6) is 0.191. The number of aromatic nitrogens is 2. The zero-order valence-electron chi connectivity index (χ0n) is 15.1. The van der Waals surface area contributed by atoms with Gasteiger partial charge in [-0.2, -0.15) is 0 Å². The van der Waals surface area contributed by atoms with Gasteiger partial charge in [0, 0.05) is 43.6 Å². The second-order valence-electron chi connectivity index (χ2n) is 6.96. The molecule has 140 valence electrons. The quantitative estimate of drug-likeness (QED) is 0.883. The molecule has 0 aliphatic carbocycles. The van der Waals surface area contributed by atoms with Crippen LogP contribution in [-0.4, -0.2) is 52.9 Å². The van der Waals surface area contributed by atoms with Crippen molar-refractivity contribution in [2.75, 3.05) is 26.3 Å². The number of fused-ring (bicyclic) bond motifs is 1. The first-order chi connectivity index (χ1) is 12.5. The summed E-state index contributed by atoms with van der Waals surface area (Å²) in [4.78, 5) is 35.9. The highest BCUT2D eigenvalue weighted by atomic mass is 32.1. The number of piperidine rings is 1.